The lowest BCUT2D eigenvalue weighted by Gasteiger charge is -2.07. The molecule has 2 N–H and O–H groups in total. The van der Waals surface area contributed by atoms with Crippen LogP contribution in [0.3, 0.4) is 0 Å². The monoisotopic (exact) mass is 392 g/mol. The maximum atomic E-state index is 12.7. The highest BCUT2D eigenvalue weighted by Gasteiger charge is 2.14. The second-order valence-electron chi connectivity index (χ2n) is 6.12. The first kappa shape index (κ1) is 18.2. The van der Waals surface area contributed by atoms with Crippen LogP contribution in [0.4, 0.5) is 4.79 Å². The summed E-state index contributed by atoms with van der Waals surface area (Å²) < 4.78 is 7.75. The molecule has 0 bridgehead atoms. The van der Waals surface area contributed by atoms with Gasteiger partial charge in [-0.15, -0.1) is 0 Å². The fourth-order valence-corrected chi connectivity index (χ4v) is 2.77. The van der Waals surface area contributed by atoms with Crippen LogP contribution < -0.4 is 16.2 Å². The summed E-state index contributed by atoms with van der Waals surface area (Å²) in [6, 6.07) is 12.0. The number of imide groups is 1. The van der Waals surface area contributed by atoms with Crippen LogP contribution in [0.25, 0.3) is 16.7 Å². The lowest BCUT2D eigenvalue weighted by molar-refractivity contribution is -0.120. The summed E-state index contributed by atoms with van der Waals surface area (Å²) in [5.74, 6) is -0.102. The Morgan fingerprint density at radius 1 is 1.10 bits per heavy atom. The number of carbonyl (C=O) groups excluding carboxylic acids is 2. The molecule has 0 fully saturated rings. The van der Waals surface area contributed by atoms with Gasteiger partial charge in [-0.25, -0.2) is 14.5 Å². The molecule has 3 aromatic heterocycles. The quantitative estimate of drug-likeness (QED) is 0.526. The van der Waals surface area contributed by atoms with Crippen molar-refractivity contribution in [1.82, 2.24) is 30.0 Å². The highest BCUT2D eigenvalue weighted by atomic mass is 16.3. The Bertz CT molecular complexity index is 1210. The molecular weight excluding hydrogens is 376 g/mol. The first-order chi connectivity index (χ1) is 14.1. The highest BCUT2D eigenvalue weighted by molar-refractivity contribution is 5.94. The first-order valence-electron chi connectivity index (χ1n) is 8.70. The molecule has 0 saturated carbocycles. The summed E-state index contributed by atoms with van der Waals surface area (Å²) >= 11 is 0. The molecule has 0 saturated heterocycles. The maximum absolute atomic E-state index is 12.7. The molecule has 0 aliphatic carbocycles. The van der Waals surface area contributed by atoms with Gasteiger partial charge in [-0.2, -0.15) is 5.10 Å². The predicted octanol–water partition coefficient (Wildman–Crippen LogP) is 1.20. The van der Waals surface area contributed by atoms with Crippen LogP contribution >= 0.6 is 0 Å². The third-order valence-electron chi connectivity index (χ3n) is 4.13. The zero-order valence-corrected chi connectivity index (χ0v) is 15.1. The largest absolute Gasteiger partial charge is 0.467 e. The maximum Gasteiger partial charge on any atom is 0.321 e. The zero-order chi connectivity index (χ0) is 20.2. The van der Waals surface area contributed by atoms with Crippen molar-refractivity contribution in [2.45, 2.75) is 13.1 Å². The topological polar surface area (TPSA) is 124 Å². The fourth-order valence-electron chi connectivity index (χ4n) is 2.77. The molecule has 10 heteroatoms. The standard InChI is InChI=1S/C19H16N6O4/c26-16(23-19(28)20-9-14-7-4-8-29-14)11-24-12-21-17-15(18(24)27)10-22-25(17)13-5-2-1-3-6-13/h1-8,10,12H,9,11H2,(H2,20,23,26,28). The van der Waals surface area contributed by atoms with E-state index >= 15 is 0 Å². The van der Waals surface area contributed by atoms with E-state index in [1.165, 1.54) is 18.8 Å². The SMILES string of the molecule is O=C(Cn1cnc2c(cnn2-c2ccccc2)c1=O)NC(=O)NCc1ccco1. The van der Waals surface area contributed by atoms with Crippen molar-refractivity contribution >= 4 is 23.0 Å². The lowest BCUT2D eigenvalue weighted by Crippen LogP contribution is -2.41. The molecule has 0 spiro atoms. The van der Waals surface area contributed by atoms with Gasteiger partial charge in [0.15, 0.2) is 5.65 Å². The second-order valence-corrected chi connectivity index (χ2v) is 6.12. The van der Waals surface area contributed by atoms with Crippen molar-refractivity contribution in [3.8, 4) is 5.69 Å². The van der Waals surface area contributed by atoms with Gasteiger partial charge in [0.25, 0.3) is 5.56 Å². The molecule has 0 aliphatic heterocycles. The number of urea groups is 1. The van der Waals surface area contributed by atoms with Crippen LogP contribution in [0.5, 0.6) is 0 Å². The van der Waals surface area contributed by atoms with Gasteiger partial charge in [-0.1, -0.05) is 18.2 Å². The Hall–Kier alpha value is -4.21. The molecule has 4 aromatic rings. The Balaban J connectivity index is 1.45. The minimum Gasteiger partial charge on any atom is -0.467 e. The number of nitrogens with zero attached hydrogens (tertiary/aromatic N) is 4. The molecular formula is C19H16N6O4. The van der Waals surface area contributed by atoms with Crippen molar-refractivity contribution in [1.29, 1.82) is 0 Å². The van der Waals surface area contributed by atoms with Gasteiger partial charge < -0.3 is 9.73 Å². The van der Waals surface area contributed by atoms with Crippen LogP contribution in [-0.2, 0) is 17.9 Å². The summed E-state index contributed by atoms with van der Waals surface area (Å²) in [5.41, 5.74) is 0.718. The van der Waals surface area contributed by atoms with E-state index in [2.05, 4.69) is 20.7 Å². The van der Waals surface area contributed by atoms with Gasteiger partial charge in [-0.3, -0.25) is 19.5 Å². The van der Waals surface area contributed by atoms with Gasteiger partial charge in [0.2, 0.25) is 5.91 Å². The average Bonchev–Trinajstić information content (AvgIpc) is 3.39. The molecule has 146 valence electrons. The summed E-state index contributed by atoms with van der Waals surface area (Å²) in [7, 11) is 0. The van der Waals surface area contributed by atoms with Crippen molar-refractivity contribution in [2.75, 3.05) is 0 Å². The Morgan fingerprint density at radius 3 is 2.69 bits per heavy atom. The van der Waals surface area contributed by atoms with E-state index in [4.69, 9.17) is 4.42 Å². The number of nitrogens with one attached hydrogen (secondary N) is 2. The number of fused-ring (bicyclic) bond motifs is 1. The molecule has 3 amide bonds. The van der Waals surface area contributed by atoms with Crippen LogP contribution in [0.2, 0.25) is 0 Å². The van der Waals surface area contributed by atoms with Crippen LogP contribution in [0.1, 0.15) is 5.76 Å². The van der Waals surface area contributed by atoms with Gasteiger partial charge in [-0.05, 0) is 24.3 Å². The summed E-state index contributed by atoms with van der Waals surface area (Å²) in [6.07, 6.45) is 4.14. The van der Waals surface area contributed by atoms with Crippen molar-refractivity contribution in [2.24, 2.45) is 0 Å². The second kappa shape index (κ2) is 7.80. The van der Waals surface area contributed by atoms with Crippen molar-refractivity contribution < 1.29 is 14.0 Å². The lowest BCUT2D eigenvalue weighted by atomic mass is 10.3. The Morgan fingerprint density at radius 2 is 1.93 bits per heavy atom. The summed E-state index contributed by atoms with van der Waals surface area (Å²) in [6.45, 7) is -0.218. The van der Waals surface area contributed by atoms with E-state index in [0.29, 0.717) is 11.4 Å². The smallest absolute Gasteiger partial charge is 0.321 e. The molecule has 4 rings (SSSR count). The summed E-state index contributed by atoms with van der Waals surface area (Å²) in [4.78, 5) is 40.8. The minimum atomic E-state index is -0.689. The number of hydrogen-bond acceptors (Lipinski definition) is 6. The Labute approximate surface area is 163 Å². The van der Waals surface area contributed by atoms with E-state index in [9.17, 15) is 14.4 Å². The molecule has 0 radical (unpaired) electrons. The van der Waals surface area contributed by atoms with Crippen LogP contribution in [0, 0.1) is 0 Å². The number of rotatable bonds is 5. The molecule has 1 aromatic carbocycles. The van der Waals surface area contributed by atoms with Gasteiger partial charge in [0, 0.05) is 0 Å². The number of para-hydroxylation sites is 1. The normalized spacial score (nSPS) is 10.8. The van der Waals surface area contributed by atoms with E-state index in [1.54, 1.807) is 16.8 Å². The van der Waals surface area contributed by atoms with Gasteiger partial charge in [0.1, 0.15) is 24.0 Å². The molecule has 0 aliphatic rings. The average molecular weight is 392 g/mol. The van der Waals surface area contributed by atoms with Gasteiger partial charge >= 0.3 is 6.03 Å². The van der Waals surface area contributed by atoms with E-state index < -0.39 is 17.5 Å². The summed E-state index contributed by atoms with van der Waals surface area (Å²) in [5, 5.41) is 9.13. The van der Waals surface area contributed by atoms with E-state index in [0.717, 1.165) is 10.3 Å². The minimum absolute atomic E-state index is 0.137. The van der Waals surface area contributed by atoms with E-state index in [1.807, 2.05) is 30.3 Å². The van der Waals surface area contributed by atoms with Crippen molar-refractivity contribution in [3.63, 3.8) is 0 Å². The number of hydrogen-bond donors (Lipinski definition) is 2. The molecule has 10 nitrogen and oxygen atoms in total. The van der Waals surface area contributed by atoms with Gasteiger partial charge in [0.05, 0.1) is 24.7 Å². The first-order valence-corrected chi connectivity index (χ1v) is 8.70. The highest BCUT2D eigenvalue weighted by Crippen LogP contribution is 2.12. The van der Waals surface area contributed by atoms with Crippen molar-refractivity contribution in [3.05, 3.63) is 77.4 Å². The molecule has 29 heavy (non-hydrogen) atoms. The number of aromatic nitrogens is 4. The third kappa shape index (κ3) is 3.90. The number of amides is 3. The fraction of sp³-hybridized carbons (Fsp3) is 0.105. The molecule has 3 heterocycles. The third-order valence-corrected chi connectivity index (χ3v) is 4.13. The Kier molecular flexibility index (Phi) is 4.89. The predicted molar refractivity (Wildman–Crippen MR) is 102 cm³/mol. The van der Waals surface area contributed by atoms with Crippen LogP contribution in [0.15, 0.2) is 70.5 Å². The van der Waals surface area contributed by atoms with E-state index in [-0.39, 0.29) is 18.5 Å². The number of carbonyl (C=O) groups is 2. The molecule has 0 unspecified atom stereocenters. The number of furan rings is 1. The number of benzene rings is 1. The van der Waals surface area contributed by atoms with Crippen LogP contribution in [-0.4, -0.2) is 31.3 Å². The molecule has 0 atom stereocenters. The zero-order valence-electron chi connectivity index (χ0n) is 15.1.